The molecule has 2 aromatic carbocycles. The fourth-order valence-electron chi connectivity index (χ4n) is 5.17. The van der Waals surface area contributed by atoms with E-state index in [4.69, 9.17) is 22.8 Å². The van der Waals surface area contributed by atoms with Crippen molar-refractivity contribution in [1.82, 2.24) is 14.5 Å². The molecule has 0 bridgehead atoms. The van der Waals surface area contributed by atoms with Crippen LogP contribution in [0, 0.1) is 29.5 Å². The predicted octanol–water partition coefficient (Wildman–Crippen LogP) is 4.52. The van der Waals surface area contributed by atoms with Crippen molar-refractivity contribution in [2.75, 3.05) is 37.7 Å². The second-order valence-corrected chi connectivity index (χ2v) is 9.60. The van der Waals surface area contributed by atoms with E-state index in [0.29, 0.717) is 48.6 Å². The molecule has 1 aliphatic rings. The van der Waals surface area contributed by atoms with Gasteiger partial charge in [0.2, 0.25) is 0 Å². The largest absolute Gasteiger partial charge is 0.481 e. The van der Waals surface area contributed by atoms with Gasteiger partial charge < -0.3 is 14.2 Å². The third kappa shape index (κ3) is 5.05. The zero-order valence-electron chi connectivity index (χ0n) is 21.3. The predicted molar refractivity (Wildman–Crippen MR) is 150 cm³/mol. The molecule has 39 heavy (non-hydrogen) atoms. The molecular weight excluding hydrogens is 517 g/mol. The van der Waals surface area contributed by atoms with Crippen molar-refractivity contribution < 1.29 is 9.13 Å². The Morgan fingerprint density at radius 2 is 1.82 bits per heavy atom. The molecule has 7 nitrogen and oxygen atoms in total. The number of nitriles is 1. The van der Waals surface area contributed by atoms with E-state index < -0.39 is 0 Å². The maximum absolute atomic E-state index is 13.8. The summed E-state index contributed by atoms with van der Waals surface area (Å²) in [4.78, 5) is 21.8. The van der Waals surface area contributed by atoms with E-state index in [1.807, 2.05) is 29.2 Å². The van der Waals surface area contributed by atoms with Crippen LogP contribution in [-0.2, 0) is 7.05 Å². The standard InChI is InChI=1S/C30H25ClFN5O2/c1-3-18-39-25-7-5-4-6-22(25)28(20-8-10-21(32)11-9-20)36-14-16-37(17-15-36)29-23(19-33)30(38)35(2)24-12-13-26(31)34-27(24)29/h1,4-13,28H,14-18H2,2H3. The first kappa shape index (κ1) is 26.2. The Morgan fingerprint density at radius 3 is 2.51 bits per heavy atom. The molecule has 196 valence electrons. The number of piperazine rings is 1. The van der Waals surface area contributed by atoms with Crippen LogP contribution in [0.25, 0.3) is 11.0 Å². The maximum atomic E-state index is 13.8. The molecule has 1 fully saturated rings. The fraction of sp³-hybridized carbons (Fsp3) is 0.233. The smallest absolute Gasteiger partial charge is 0.270 e. The number of para-hydroxylation sites is 1. The van der Waals surface area contributed by atoms with Gasteiger partial charge in [-0.15, -0.1) is 6.42 Å². The van der Waals surface area contributed by atoms with Crippen LogP contribution >= 0.6 is 11.6 Å². The Labute approximate surface area is 230 Å². The van der Waals surface area contributed by atoms with Crippen molar-refractivity contribution in [2.24, 2.45) is 7.05 Å². The lowest BCUT2D eigenvalue weighted by Crippen LogP contribution is -2.48. The minimum absolute atomic E-state index is 0.0383. The first-order valence-corrected chi connectivity index (χ1v) is 12.8. The molecular formula is C30H25ClFN5O2. The normalized spacial score (nSPS) is 14.5. The van der Waals surface area contributed by atoms with Crippen molar-refractivity contribution in [3.05, 3.63) is 98.7 Å². The van der Waals surface area contributed by atoms with Crippen LogP contribution in [0.15, 0.2) is 65.5 Å². The van der Waals surface area contributed by atoms with E-state index >= 15 is 0 Å². The number of nitrogens with zero attached hydrogens (tertiary/aromatic N) is 5. The number of fused-ring (bicyclic) bond motifs is 1. The molecule has 1 saturated heterocycles. The lowest BCUT2D eigenvalue weighted by atomic mass is 9.95. The van der Waals surface area contributed by atoms with Gasteiger partial charge in [0.1, 0.15) is 40.5 Å². The highest BCUT2D eigenvalue weighted by molar-refractivity contribution is 6.29. The van der Waals surface area contributed by atoms with Gasteiger partial charge in [-0.3, -0.25) is 9.69 Å². The summed E-state index contributed by atoms with van der Waals surface area (Å²) in [5.41, 5.74) is 3.09. The summed E-state index contributed by atoms with van der Waals surface area (Å²) < 4.78 is 21.1. The summed E-state index contributed by atoms with van der Waals surface area (Å²) in [6, 6.07) is 19.4. The zero-order valence-corrected chi connectivity index (χ0v) is 22.0. The average Bonchev–Trinajstić information content (AvgIpc) is 2.96. The lowest BCUT2D eigenvalue weighted by Gasteiger charge is -2.41. The number of aromatic nitrogens is 2. The number of benzene rings is 2. The van der Waals surface area contributed by atoms with Crippen molar-refractivity contribution in [1.29, 1.82) is 5.26 Å². The second-order valence-electron chi connectivity index (χ2n) is 9.21. The summed E-state index contributed by atoms with van der Waals surface area (Å²) in [6.45, 7) is 2.36. The summed E-state index contributed by atoms with van der Waals surface area (Å²) in [7, 11) is 1.62. The first-order chi connectivity index (χ1) is 18.9. The van der Waals surface area contributed by atoms with Crippen LogP contribution in [0.1, 0.15) is 22.7 Å². The molecule has 5 rings (SSSR count). The van der Waals surface area contributed by atoms with Crippen molar-refractivity contribution in [3.63, 3.8) is 0 Å². The number of hydrogen-bond acceptors (Lipinski definition) is 6. The Balaban J connectivity index is 1.53. The van der Waals surface area contributed by atoms with Crippen molar-refractivity contribution in [3.8, 4) is 24.2 Å². The van der Waals surface area contributed by atoms with Gasteiger partial charge in [-0.2, -0.15) is 5.26 Å². The Hall–Kier alpha value is -4.37. The molecule has 0 saturated carbocycles. The molecule has 1 unspecified atom stereocenters. The highest BCUT2D eigenvalue weighted by atomic mass is 35.5. The monoisotopic (exact) mass is 541 g/mol. The topological polar surface area (TPSA) is 74.4 Å². The Kier molecular flexibility index (Phi) is 7.51. The molecule has 0 aliphatic carbocycles. The minimum Gasteiger partial charge on any atom is -0.481 e. The van der Waals surface area contributed by atoms with E-state index in [2.05, 4.69) is 21.9 Å². The number of halogens is 2. The van der Waals surface area contributed by atoms with Gasteiger partial charge in [0.15, 0.2) is 0 Å². The number of ether oxygens (including phenoxy) is 1. The molecule has 0 amide bonds. The number of hydrogen-bond donors (Lipinski definition) is 0. The number of pyridine rings is 2. The van der Waals surface area contributed by atoms with Gasteiger partial charge >= 0.3 is 0 Å². The molecule has 2 aromatic heterocycles. The molecule has 4 aromatic rings. The highest BCUT2D eigenvalue weighted by Gasteiger charge is 2.31. The molecule has 0 radical (unpaired) electrons. The van der Waals surface area contributed by atoms with E-state index in [9.17, 15) is 14.4 Å². The van der Waals surface area contributed by atoms with Gasteiger partial charge in [0.25, 0.3) is 5.56 Å². The number of anilines is 1. The third-order valence-corrected chi connectivity index (χ3v) is 7.21. The summed E-state index contributed by atoms with van der Waals surface area (Å²) in [5, 5.41) is 10.2. The van der Waals surface area contributed by atoms with Gasteiger partial charge in [-0.05, 0) is 35.9 Å². The van der Waals surface area contributed by atoms with Crippen LogP contribution in [0.4, 0.5) is 10.1 Å². The Bertz CT molecular complexity index is 1660. The SMILES string of the molecule is C#CCOc1ccccc1C(c1ccc(F)cc1)N1CCN(c2c(C#N)c(=O)n(C)c3ccc(Cl)nc23)CC1. The van der Waals surface area contributed by atoms with Crippen LogP contribution in [0.3, 0.4) is 0 Å². The number of terminal acetylenes is 1. The maximum Gasteiger partial charge on any atom is 0.270 e. The summed E-state index contributed by atoms with van der Waals surface area (Å²) >= 11 is 6.22. The van der Waals surface area contributed by atoms with Gasteiger partial charge in [0, 0.05) is 38.8 Å². The van der Waals surface area contributed by atoms with E-state index in [1.54, 1.807) is 31.3 Å². The summed E-state index contributed by atoms with van der Waals surface area (Å²) in [5.74, 6) is 2.86. The molecule has 3 heterocycles. The van der Waals surface area contributed by atoms with E-state index in [-0.39, 0.29) is 34.7 Å². The van der Waals surface area contributed by atoms with Crippen molar-refractivity contribution >= 4 is 28.3 Å². The van der Waals surface area contributed by atoms with Crippen LogP contribution in [0.5, 0.6) is 5.75 Å². The Morgan fingerprint density at radius 1 is 1.10 bits per heavy atom. The van der Waals surface area contributed by atoms with Gasteiger partial charge in [-0.1, -0.05) is 47.9 Å². The van der Waals surface area contributed by atoms with Gasteiger partial charge in [-0.25, -0.2) is 9.37 Å². The average molecular weight is 542 g/mol. The molecule has 0 spiro atoms. The lowest BCUT2D eigenvalue weighted by molar-refractivity contribution is 0.208. The molecule has 0 N–H and O–H groups in total. The highest BCUT2D eigenvalue weighted by Crippen LogP contribution is 2.37. The van der Waals surface area contributed by atoms with E-state index in [1.165, 1.54) is 16.7 Å². The van der Waals surface area contributed by atoms with Crippen LogP contribution in [0.2, 0.25) is 5.15 Å². The minimum atomic E-state index is -0.379. The number of rotatable bonds is 6. The van der Waals surface area contributed by atoms with Crippen molar-refractivity contribution in [2.45, 2.75) is 6.04 Å². The first-order valence-electron chi connectivity index (χ1n) is 12.4. The van der Waals surface area contributed by atoms with Crippen LogP contribution < -0.4 is 15.2 Å². The number of aryl methyl sites for hydroxylation is 1. The zero-order chi connectivity index (χ0) is 27.5. The van der Waals surface area contributed by atoms with Crippen LogP contribution in [-0.4, -0.2) is 47.2 Å². The third-order valence-electron chi connectivity index (χ3n) is 7.00. The fourth-order valence-corrected chi connectivity index (χ4v) is 5.32. The van der Waals surface area contributed by atoms with Gasteiger partial charge in [0.05, 0.1) is 17.2 Å². The molecule has 1 atom stereocenters. The quantitative estimate of drug-likeness (QED) is 0.264. The summed E-state index contributed by atoms with van der Waals surface area (Å²) in [6.07, 6.45) is 5.44. The van der Waals surface area contributed by atoms with E-state index in [0.717, 1.165) is 11.1 Å². The molecule has 9 heteroatoms. The second kappa shape index (κ2) is 11.2. The molecule has 1 aliphatic heterocycles.